The Morgan fingerprint density at radius 3 is 2.81 bits per heavy atom. The van der Waals surface area contributed by atoms with E-state index in [4.69, 9.17) is 0 Å². The van der Waals surface area contributed by atoms with E-state index in [1.807, 2.05) is 0 Å². The van der Waals surface area contributed by atoms with Crippen molar-refractivity contribution in [2.75, 3.05) is 18.4 Å². The second-order valence-electron chi connectivity index (χ2n) is 6.30. The van der Waals surface area contributed by atoms with Crippen LogP contribution in [-0.4, -0.2) is 46.0 Å². The Bertz CT molecular complexity index is 778. The maximum atomic E-state index is 12.9. The Balaban J connectivity index is 1.55. The van der Waals surface area contributed by atoms with Gasteiger partial charge in [-0.1, -0.05) is 18.6 Å². The molecule has 2 N–H and O–H groups in total. The molecule has 26 heavy (non-hydrogen) atoms. The lowest BCUT2D eigenvalue weighted by atomic mass is 10.0. The molecule has 1 aliphatic rings. The average molecular weight is 377 g/mol. The number of aliphatic carboxylic acids is 1. The molecule has 138 valence electrons. The molecule has 0 bridgehead atoms. The van der Waals surface area contributed by atoms with E-state index in [2.05, 4.69) is 10.3 Å². The third kappa shape index (κ3) is 4.86. The third-order valence-electron chi connectivity index (χ3n) is 4.34. The van der Waals surface area contributed by atoms with Crippen molar-refractivity contribution in [3.05, 3.63) is 46.7 Å². The molecule has 1 saturated heterocycles. The number of carboxylic acids is 1. The number of nitrogens with zero attached hydrogens (tertiary/aromatic N) is 2. The molecule has 0 saturated carbocycles. The van der Waals surface area contributed by atoms with Crippen molar-refractivity contribution in [1.82, 2.24) is 9.88 Å². The van der Waals surface area contributed by atoms with Crippen LogP contribution in [0.5, 0.6) is 0 Å². The first-order valence-corrected chi connectivity index (χ1v) is 9.29. The summed E-state index contributed by atoms with van der Waals surface area (Å²) in [6.07, 6.45) is 4.64. The van der Waals surface area contributed by atoms with Crippen LogP contribution in [0.2, 0.25) is 0 Å². The number of hydrogen-bond acceptors (Lipinski definition) is 5. The highest BCUT2D eigenvalue weighted by atomic mass is 32.1. The van der Waals surface area contributed by atoms with Crippen molar-refractivity contribution in [3.8, 4) is 0 Å². The smallest absolute Gasteiger partial charge is 0.320 e. The number of carboxylic acid groups (broad SMARTS) is 1. The maximum Gasteiger partial charge on any atom is 0.320 e. The molecular formula is C18H20FN3O3S. The van der Waals surface area contributed by atoms with Crippen molar-refractivity contribution < 1.29 is 19.1 Å². The number of amides is 1. The van der Waals surface area contributed by atoms with E-state index in [1.165, 1.54) is 23.5 Å². The van der Waals surface area contributed by atoms with Crippen molar-refractivity contribution in [2.45, 2.75) is 31.7 Å². The summed E-state index contributed by atoms with van der Waals surface area (Å²) in [6, 6.07) is 5.67. The Morgan fingerprint density at radius 2 is 2.08 bits per heavy atom. The lowest BCUT2D eigenvalue weighted by Gasteiger charge is -2.31. The largest absolute Gasteiger partial charge is 0.480 e. The van der Waals surface area contributed by atoms with Gasteiger partial charge in [0.15, 0.2) is 5.13 Å². The monoisotopic (exact) mass is 377 g/mol. The summed E-state index contributed by atoms with van der Waals surface area (Å²) in [5.41, 5.74) is 0.963. The van der Waals surface area contributed by atoms with Crippen LogP contribution in [0, 0.1) is 5.82 Å². The Hall–Kier alpha value is -2.32. The topological polar surface area (TPSA) is 82.5 Å². The molecule has 1 amide bonds. The molecular weight excluding hydrogens is 357 g/mol. The van der Waals surface area contributed by atoms with Crippen LogP contribution in [0.4, 0.5) is 9.52 Å². The zero-order chi connectivity index (χ0) is 18.5. The second kappa shape index (κ2) is 8.37. The summed E-state index contributed by atoms with van der Waals surface area (Å²) >= 11 is 1.36. The van der Waals surface area contributed by atoms with Gasteiger partial charge >= 0.3 is 5.97 Å². The predicted molar refractivity (Wildman–Crippen MR) is 96.8 cm³/mol. The number of halogens is 1. The molecule has 2 aromatic rings. The number of piperidine rings is 1. The molecule has 1 unspecified atom stereocenters. The quantitative estimate of drug-likeness (QED) is 0.809. The van der Waals surface area contributed by atoms with Gasteiger partial charge in [0.05, 0.1) is 6.54 Å². The molecule has 1 atom stereocenters. The van der Waals surface area contributed by atoms with Crippen LogP contribution in [0.3, 0.4) is 0 Å². The molecule has 1 aliphatic heterocycles. The number of anilines is 1. The van der Waals surface area contributed by atoms with Crippen molar-refractivity contribution in [3.63, 3.8) is 0 Å². The standard InChI is InChI=1S/C18H20FN3O3S/c19-13-6-4-12(5-7-13)9-14-10-20-18(26-14)21-16(23)11-22-8-2-1-3-15(22)17(24)25/h4-7,10,15H,1-3,8-9,11H2,(H,24,25)(H,20,21,23). The first-order valence-electron chi connectivity index (χ1n) is 8.47. The molecule has 0 spiro atoms. The Kier molecular flexibility index (Phi) is 5.95. The second-order valence-corrected chi connectivity index (χ2v) is 7.42. The zero-order valence-electron chi connectivity index (χ0n) is 14.2. The van der Waals surface area contributed by atoms with Gasteiger partial charge in [-0.25, -0.2) is 9.37 Å². The molecule has 1 aromatic carbocycles. The third-order valence-corrected chi connectivity index (χ3v) is 5.25. The molecule has 0 radical (unpaired) electrons. The van der Waals surface area contributed by atoms with Gasteiger partial charge in [-0.05, 0) is 37.1 Å². The van der Waals surface area contributed by atoms with Gasteiger partial charge in [0, 0.05) is 17.5 Å². The summed E-state index contributed by atoms with van der Waals surface area (Å²) in [5.74, 6) is -1.42. The van der Waals surface area contributed by atoms with E-state index in [0.717, 1.165) is 23.3 Å². The van der Waals surface area contributed by atoms with E-state index in [-0.39, 0.29) is 18.3 Å². The summed E-state index contributed by atoms with van der Waals surface area (Å²) in [6.45, 7) is 0.655. The number of rotatable bonds is 6. The van der Waals surface area contributed by atoms with Crippen molar-refractivity contribution in [1.29, 1.82) is 0 Å². The van der Waals surface area contributed by atoms with Gasteiger partial charge in [0.2, 0.25) is 5.91 Å². The number of likely N-dealkylation sites (tertiary alicyclic amines) is 1. The molecule has 2 heterocycles. The van der Waals surface area contributed by atoms with Gasteiger partial charge < -0.3 is 10.4 Å². The molecule has 8 heteroatoms. The lowest BCUT2D eigenvalue weighted by Crippen LogP contribution is -2.47. The van der Waals surface area contributed by atoms with Gasteiger partial charge in [-0.2, -0.15) is 0 Å². The highest BCUT2D eigenvalue weighted by Gasteiger charge is 2.29. The van der Waals surface area contributed by atoms with E-state index >= 15 is 0 Å². The summed E-state index contributed by atoms with van der Waals surface area (Å²) < 4.78 is 12.9. The summed E-state index contributed by atoms with van der Waals surface area (Å²) in [5, 5.41) is 12.5. The number of hydrogen-bond donors (Lipinski definition) is 2. The lowest BCUT2D eigenvalue weighted by molar-refractivity contribution is -0.145. The Labute approximate surface area is 154 Å². The van der Waals surface area contributed by atoms with Crippen molar-refractivity contribution >= 4 is 28.3 Å². The van der Waals surface area contributed by atoms with Gasteiger partial charge in [-0.15, -0.1) is 11.3 Å². The highest BCUT2D eigenvalue weighted by molar-refractivity contribution is 7.15. The zero-order valence-corrected chi connectivity index (χ0v) is 15.0. The fraction of sp³-hybridized carbons (Fsp3) is 0.389. The fourth-order valence-electron chi connectivity index (χ4n) is 3.05. The number of aromatic nitrogens is 1. The highest BCUT2D eigenvalue weighted by Crippen LogP contribution is 2.22. The normalized spacial score (nSPS) is 17.8. The van der Waals surface area contributed by atoms with Crippen LogP contribution in [0.15, 0.2) is 30.5 Å². The van der Waals surface area contributed by atoms with Gasteiger partial charge in [0.25, 0.3) is 0 Å². The summed E-state index contributed by atoms with van der Waals surface area (Å²) in [4.78, 5) is 30.4. The number of carbonyl (C=O) groups is 2. The molecule has 6 nitrogen and oxygen atoms in total. The molecule has 3 rings (SSSR count). The molecule has 1 fully saturated rings. The Morgan fingerprint density at radius 1 is 1.31 bits per heavy atom. The SMILES string of the molecule is O=C(CN1CCCCC1C(=O)O)Nc1ncc(Cc2ccc(F)cc2)s1. The van der Waals surface area contributed by atoms with Crippen molar-refractivity contribution in [2.24, 2.45) is 0 Å². The maximum absolute atomic E-state index is 12.9. The number of benzene rings is 1. The average Bonchev–Trinajstić information content (AvgIpc) is 3.04. The van der Waals surface area contributed by atoms with Crippen LogP contribution in [0.25, 0.3) is 0 Å². The van der Waals surface area contributed by atoms with E-state index in [9.17, 15) is 19.1 Å². The van der Waals surface area contributed by atoms with E-state index < -0.39 is 12.0 Å². The molecule has 0 aliphatic carbocycles. The first kappa shape index (κ1) is 18.5. The van der Waals surface area contributed by atoms with E-state index in [0.29, 0.717) is 24.5 Å². The minimum absolute atomic E-state index is 0.0455. The minimum atomic E-state index is -0.881. The summed E-state index contributed by atoms with van der Waals surface area (Å²) in [7, 11) is 0. The van der Waals surface area contributed by atoms with Crippen LogP contribution in [0.1, 0.15) is 29.7 Å². The predicted octanol–water partition coefficient (Wildman–Crippen LogP) is 2.75. The van der Waals surface area contributed by atoms with Crippen LogP contribution in [-0.2, 0) is 16.0 Å². The number of carbonyl (C=O) groups excluding carboxylic acids is 1. The number of thiazole rings is 1. The van der Waals surface area contributed by atoms with Gasteiger partial charge in [-0.3, -0.25) is 14.5 Å². The fourth-order valence-corrected chi connectivity index (χ4v) is 3.92. The van der Waals surface area contributed by atoms with Crippen LogP contribution < -0.4 is 5.32 Å². The number of nitrogens with one attached hydrogen (secondary N) is 1. The van der Waals surface area contributed by atoms with Crippen LogP contribution >= 0.6 is 11.3 Å². The first-order chi connectivity index (χ1) is 12.5. The van der Waals surface area contributed by atoms with E-state index in [1.54, 1.807) is 23.2 Å². The molecule has 1 aromatic heterocycles. The minimum Gasteiger partial charge on any atom is -0.480 e. The van der Waals surface area contributed by atoms with Gasteiger partial charge in [0.1, 0.15) is 11.9 Å².